The molecule has 1 aromatic heterocycles. The largest absolute Gasteiger partial charge is 0.479 e. The Balaban J connectivity index is 1.98. The highest BCUT2D eigenvalue weighted by Gasteiger charge is 2.41. The van der Waals surface area contributed by atoms with Gasteiger partial charge in [-0.1, -0.05) is 49.6 Å². The van der Waals surface area contributed by atoms with Crippen LogP contribution < -0.4 is 0 Å². The van der Waals surface area contributed by atoms with Crippen molar-refractivity contribution in [2.24, 2.45) is 0 Å². The molecule has 1 aliphatic rings. The van der Waals surface area contributed by atoms with Crippen LogP contribution in [0.25, 0.3) is 11.1 Å². The van der Waals surface area contributed by atoms with Crippen molar-refractivity contribution >= 4 is 5.97 Å². The molecular weight excluding hydrogens is 250 g/mol. The van der Waals surface area contributed by atoms with Gasteiger partial charge >= 0.3 is 5.97 Å². The molecule has 20 heavy (non-hydrogen) atoms. The Morgan fingerprint density at radius 3 is 2.35 bits per heavy atom. The second-order valence-corrected chi connectivity index (χ2v) is 5.57. The zero-order valence-corrected chi connectivity index (χ0v) is 11.5. The molecule has 0 atom stereocenters. The number of nitrogens with zero attached hydrogens (tertiary/aromatic N) is 1. The fraction of sp³-hybridized carbons (Fsp3) is 0.353. The van der Waals surface area contributed by atoms with Gasteiger partial charge in [0.1, 0.15) is 5.54 Å². The number of aliphatic carboxylic acids is 1. The smallest absolute Gasteiger partial charge is 0.329 e. The first kappa shape index (κ1) is 13.0. The van der Waals surface area contributed by atoms with Crippen LogP contribution in [-0.2, 0) is 10.3 Å². The van der Waals surface area contributed by atoms with Gasteiger partial charge in [0.2, 0.25) is 0 Å². The van der Waals surface area contributed by atoms with E-state index in [2.05, 4.69) is 0 Å². The van der Waals surface area contributed by atoms with Crippen LogP contribution in [-0.4, -0.2) is 15.6 Å². The van der Waals surface area contributed by atoms with E-state index in [1.165, 1.54) is 0 Å². The van der Waals surface area contributed by atoms with E-state index in [9.17, 15) is 9.90 Å². The maximum Gasteiger partial charge on any atom is 0.329 e. The summed E-state index contributed by atoms with van der Waals surface area (Å²) in [7, 11) is 0. The summed E-state index contributed by atoms with van der Waals surface area (Å²) < 4.78 is 1.91. The van der Waals surface area contributed by atoms with Crippen molar-refractivity contribution in [3.05, 3.63) is 48.8 Å². The molecule has 0 spiro atoms. The highest BCUT2D eigenvalue weighted by atomic mass is 16.4. The molecule has 3 heteroatoms. The first-order chi connectivity index (χ1) is 9.72. The minimum atomic E-state index is -0.745. The highest BCUT2D eigenvalue weighted by Crippen LogP contribution is 2.36. The predicted molar refractivity (Wildman–Crippen MR) is 78.6 cm³/mol. The van der Waals surface area contributed by atoms with Crippen LogP contribution in [0.2, 0.25) is 0 Å². The molecule has 1 fully saturated rings. The molecule has 104 valence electrons. The molecule has 0 saturated heterocycles. The molecule has 0 radical (unpaired) electrons. The summed E-state index contributed by atoms with van der Waals surface area (Å²) in [5, 5.41) is 9.70. The van der Waals surface area contributed by atoms with E-state index >= 15 is 0 Å². The summed E-state index contributed by atoms with van der Waals surface area (Å²) in [6, 6.07) is 12.1. The monoisotopic (exact) mass is 269 g/mol. The molecule has 3 nitrogen and oxygen atoms in total. The quantitative estimate of drug-likeness (QED) is 0.918. The van der Waals surface area contributed by atoms with Crippen molar-refractivity contribution in [1.82, 2.24) is 4.57 Å². The van der Waals surface area contributed by atoms with Crippen LogP contribution in [0.1, 0.15) is 32.1 Å². The highest BCUT2D eigenvalue weighted by molar-refractivity contribution is 5.77. The Morgan fingerprint density at radius 2 is 1.70 bits per heavy atom. The lowest BCUT2D eigenvalue weighted by Gasteiger charge is -2.34. The third-order valence-corrected chi connectivity index (χ3v) is 4.37. The molecule has 1 N–H and O–H groups in total. The summed E-state index contributed by atoms with van der Waals surface area (Å²) in [6.45, 7) is 0. The van der Waals surface area contributed by atoms with Crippen LogP contribution in [0.4, 0.5) is 0 Å². The van der Waals surface area contributed by atoms with Gasteiger partial charge in [0.15, 0.2) is 0 Å². The van der Waals surface area contributed by atoms with E-state index in [1.54, 1.807) is 0 Å². The maximum absolute atomic E-state index is 11.8. The van der Waals surface area contributed by atoms with Gasteiger partial charge in [-0.05, 0) is 30.0 Å². The van der Waals surface area contributed by atoms with Gasteiger partial charge in [0, 0.05) is 12.4 Å². The van der Waals surface area contributed by atoms with Gasteiger partial charge in [-0.25, -0.2) is 4.79 Å². The third kappa shape index (κ3) is 2.13. The molecule has 0 aliphatic heterocycles. The summed E-state index contributed by atoms with van der Waals surface area (Å²) in [4.78, 5) is 11.8. The number of rotatable bonds is 3. The van der Waals surface area contributed by atoms with Gasteiger partial charge < -0.3 is 9.67 Å². The van der Waals surface area contributed by atoms with E-state index in [1.807, 2.05) is 53.4 Å². The molecule has 1 heterocycles. The number of benzene rings is 1. The third-order valence-electron chi connectivity index (χ3n) is 4.37. The zero-order chi connectivity index (χ0) is 14.0. The summed E-state index contributed by atoms with van der Waals surface area (Å²) in [6.07, 6.45) is 8.48. The first-order valence-electron chi connectivity index (χ1n) is 7.20. The molecule has 0 amide bonds. The summed E-state index contributed by atoms with van der Waals surface area (Å²) in [5.74, 6) is -0.701. The Labute approximate surface area is 118 Å². The Morgan fingerprint density at radius 1 is 1.00 bits per heavy atom. The lowest BCUT2D eigenvalue weighted by molar-refractivity contribution is -0.149. The van der Waals surface area contributed by atoms with Crippen LogP contribution in [0, 0.1) is 0 Å². The van der Waals surface area contributed by atoms with Gasteiger partial charge in [-0.2, -0.15) is 0 Å². The first-order valence-corrected chi connectivity index (χ1v) is 7.20. The van der Waals surface area contributed by atoms with Crippen molar-refractivity contribution in [2.75, 3.05) is 0 Å². The molecule has 1 aromatic carbocycles. The van der Waals surface area contributed by atoms with Crippen molar-refractivity contribution in [3.63, 3.8) is 0 Å². The average Bonchev–Trinajstić information content (AvgIpc) is 2.99. The van der Waals surface area contributed by atoms with E-state index in [0.29, 0.717) is 0 Å². The normalized spacial score (nSPS) is 17.8. The van der Waals surface area contributed by atoms with Gasteiger partial charge in [-0.15, -0.1) is 0 Å². The Bertz CT molecular complexity index is 594. The van der Waals surface area contributed by atoms with E-state index < -0.39 is 11.5 Å². The van der Waals surface area contributed by atoms with Crippen molar-refractivity contribution < 1.29 is 9.90 Å². The Kier molecular flexibility index (Phi) is 3.35. The zero-order valence-electron chi connectivity index (χ0n) is 11.5. The number of carboxylic acids is 1. The second kappa shape index (κ2) is 5.16. The molecule has 1 aliphatic carbocycles. The molecule has 0 bridgehead atoms. The topological polar surface area (TPSA) is 42.2 Å². The van der Waals surface area contributed by atoms with Crippen LogP contribution >= 0.6 is 0 Å². The van der Waals surface area contributed by atoms with Crippen molar-refractivity contribution in [2.45, 2.75) is 37.6 Å². The fourth-order valence-corrected chi connectivity index (χ4v) is 3.18. The SMILES string of the molecule is O=C(O)C1(n2ccc(-c3ccccc3)c2)CCCCC1. The van der Waals surface area contributed by atoms with Gasteiger partial charge in [-0.3, -0.25) is 0 Å². The molecular formula is C17H19NO2. The number of hydrogen-bond donors (Lipinski definition) is 1. The van der Waals surface area contributed by atoms with E-state index in [0.717, 1.165) is 43.2 Å². The van der Waals surface area contributed by atoms with Crippen LogP contribution in [0.5, 0.6) is 0 Å². The number of hydrogen-bond acceptors (Lipinski definition) is 1. The minimum Gasteiger partial charge on any atom is -0.479 e. The fourth-order valence-electron chi connectivity index (χ4n) is 3.18. The van der Waals surface area contributed by atoms with Crippen LogP contribution in [0.3, 0.4) is 0 Å². The molecule has 3 rings (SSSR count). The number of carbonyl (C=O) groups is 1. The standard InChI is InChI=1S/C17H19NO2/c19-16(20)17(10-5-2-6-11-17)18-12-9-15(13-18)14-7-3-1-4-8-14/h1,3-4,7-9,12-13H,2,5-6,10-11H2,(H,19,20). The van der Waals surface area contributed by atoms with Crippen molar-refractivity contribution in [1.29, 1.82) is 0 Å². The van der Waals surface area contributed by atoms with Gasteiger partial charge in [0.25, 0.3) is 0 Å². The number of aromatic nitrogens is 1. The van der Waals surface area contributed by atoms with E-state index in [4.69, 9.17) is 0 Å². The predicted octanol–water partition coefficient (Wildman–Crippen LogP) is 3.90. The van der Waals surface area contributed by atoms with Crippen LogP contribution in [0.15, 0.2) is 48.8 Å². The molecule has 1 saturated carbocycles. The lowest BCUT2D eigenvalue weighted by atomic mass is 9.81. The molecule has 2 aromatic rings. The van der Waals surface area contributed by atoms with E-state index in [-0.39, 0.29) is 0 Å². The average molecular weight is 269 g/mol. The van der Waals surface area contributed by atoms with Crippen molar-refractivity contribution in [3.8, 4) is 11.1 Å². The minimum absolute atomic E-state index is 0.701. The maximum atomic E-state index is 11.8. The second-order valence-electron chi connectivity index (χ2n) is 5.57. The van der Waals surface area contributed by atoms with Gasteiger partial charge in [0.05, 0.1) is 0 Å². The summed E-state index contributed by atoms with van der Waals surface area (Å²) >= 11 is 0. The summed E-state index contributed by atoms with van der Waals surface area (Å²) in [5.41, 5.74) is 1.46. The number of carboxylic acid groups (broad SMARTS) is 1. The Hall–Kier alpha value is -2.03. The molecule has 0 unspecified atom stereocenters. The lowest BCUT2D eigenvalue weighted by Crippen LogP contribution is -2.42.